The van der Waals surface area contributed by atoms with Crippen molar-refractivity contribution >= 4 is 23.7 Å². The van der Waals surface area contributed by atoms with E-state index in [0.717, 1.165) is 11.3 Å². The molecule has 2 rings (SSSR count). The van der Waals surface area contributed by atoms with Gasteiger partial charge in [0.05, 0.1) is 12.8 Å². The van der Waals surface area contributed by atoms with Gasteiger partial charge in [-0.3, -0.25) is 4.79 Å². The second-order valence-corrected chi connectivity index (χ2v) is 5.50. The zero-order valence-corrected chi connectivity index (χ0v) is 14.4. The molecule has 0 heterocycles. The highest BCUT2D eigenvalue weighted by atomic mass is 35.5. The number of benzene rings is 2. The average Bonchev–Trinajstić information content (AvgIpc) is 2.61. The van der Waals surface area contributed by atoms with Crippen molar-refractivity contribution in [3.63, 3.8) is 0 Å². The van der Waals surface area contributed by atoms with Crippen LogP contribution in [0.25, 0.3) is 0 Å². The van der Waals surface area contributed by atoms with Crippen LogP contribution in [0.15, 0.2) is 53.7 Å². The Hall–Kier alpha value is -2.53. The number of carbonyl (C=O) groups is 1. The van der Waals surface area contributed by atoms with E-state index in [0.29, 0.717) is 23.7 Å². The first-order valence-corrected chi connectivity index (χ1v) is 7.78. The largest absolute Gasteiger partial charge is 0.492 e. The molecule has 0 atom stereocenters. The fraction of sp³-hybridized carbons (Fsp3) is 0.222. The van der Waals surface area contributed by atoms with Gasteiger partial charge in [0.1, 0.15) is 19.5 Å². The van der Waals surface area contributed by atoms with E-state index in [1.807, 2.05) is 12.1 Å². The molecule has 126 valence electrons. The second kappa shape index (κ2) is 8.93. The van der Waals surface area contributed by atoms with E-state index in [1.54, 1.807) is 54.6 Å². The Morgan fingerprint density at radius 2 is 1.83 bits per heavy atom. The summed E-state index contributed by atoms with van der Waals surface area (Å²) < 4.78 is 5.60. The van der Waals surface area contributed by atoms with Crippen molar-refractivity contribution in [2.24, 2.45) is 5.16 Å². The van der Waals surface area contributed by atoms with Crippen LogP contribution in [0.2, 0.25) is 5.02 Å². The van der Waals surface area contributed by atoms with E-state index in [1.165, 1.54) is 7.11 Å². The van der Waals surface area contributed by atoms with Gasteiger partial charge in [-0.05, 0) is 42.0 Å². The highest BCUT2D eigenvalue weighted by Gasteiger charge is 2.11. The fourth-order valence-corrected chi connectivity index (χ4v) is 2.10. The molecule has 24 heavy (non-hydrogen) atoms. The molecule has 2 aromatic carbocycles. The predicted octanol–water partition coefficient (Wildman–Crippen LogP) is 3.47. The number of ether oxygens (including phenoxy) is 1. The number of amides is 1. The van der Waals surface area contributed by atoms with Gasteiger partial charge in [0.25, 0.3) is 5.91 Å². The monoisotopic (exact) mass is 346 g/mol. The standard InChI is InChI=1S/C18H19ClN2O3/c1-21(11-12-24-17-9-7-16(19)8-10-17)18(22)15-5-3-14(4-6-15)13-20-23-2/h3-10,13H,11-12H2,1-2H3/b20-13+. The van der Waals surface area contributed by atoms with Crippen LogP contribution in [0, 0.1) is 0 Å². The highest BCUT2D eigenvalue weighted by molar-refractivity contribution is 6.30. The number of hydrogen-bond acceptors (Lipinski definition) is 4. The molecule has 6 heteroatoms. The molecule has 0 unspecified atom stereocenters. The third-order valence-corrected chi connectivity index (χ3v) is 3.57. The fourth-order valence-electron chi connectivity index (χ4n) is 1.98. The maximum Gasteiger partial charge on any atom is 0.253 e. The average molecular weight is 347 g/mol. The summed E-state index contributed by atoms with van der Waals surface area (Å²) in [6, 6.07) is 14.3. The van der Waals surface area contributed by atoms with Crippen molar-refractivity contribution in [2.45, 2.75) is 0 Å². The lowest BCUT2D eigenvalue weighted by atomic mass is 10.1. The number of carbonyl (C=O) groups excluding carboxylic acids is 1. The van der Waals surface area contributed by atoms with Crippen LogP contribution in [0.1, 0.15) is 15.9 Å². The minimum absolute atomic E-state index is 0.0649. The van der Waals surface area contributed by atoms with Crippen LogP contribution in [0.3, 0.4) is 0 Å². The quantitative estimate of drug-likeness (QED) is 0.569. The van der Waals surface area contributed by atoms with Gasteiger partial charge in [0, 0.05) is 17.6 Å². The second-order valence-electron chi connectivity index (χ2n) is 5.07. The summed E-state index contributed by atoms with van der Waals surface area (Å²) in [5, 5.41) is 4.34. The molecular weight excluding hydrogens is 328 g/mol. The number of oxime groups is 1. The Labute approximate surface area is 146 Å². The Kier molecular flexibility index (Phi) is 6.63. The minimum Gasteiger partial charge on any atom is -0.492 e. The van der Waals surface area contributed by atoms with E-state index < -0.39 is 0 Å². The van der Waals surface area contributed by atoms with Gasteiger partial charge in [-0.25, -0.2) is 0 Å². The molecule has 0 saturated heterocycles. The van der Waals surface area contributed by atoms with Crippen molar-refractivity contribution in [3.8, 4) is 5.75 Å². The molecule has 1 amide bonds. The van der Waals surface area contributed by atoms with Gasteiger partial charge in [-0.15, -0.1) is 0 Å². The molecular formula is C18H19ClN2O3. The third-order valence-electron chi connectivity index (χ3n) is 3.32. The van der Waals surface area contributed by atoms with Crippen LogP contribution in [-0.2, 0) is 4.84 Å². The Bertz CT molecular complexity index is 684. The molecule has 0 aliphatic heterocycles. The van der Waals surface area contributed by atoms with Crippen molar-refractivity contribution < 1.29 is 14.4 Å². The van der Waals surface area contributed by atoms with Crippen LogP contribution >= 0.6 is 11.6 Å². The normalized spacial score (nSPS) is 10.6. The SMILES string of the molecule is CO/N=C/c1ccc(C(=O)N(C)CCOc2ccc(Cl)cc2)cc1. The third kappa shape index (κ3) is 5.28. The summed E-state index contributed by atoms with van der Waals surface area (Å²) in [7, 11) is 3.23. The Morgan fingerprint density at radius 1 is 1.17 bits per heavy atom. The minimum atomic E-state index is -0.0649. The molecule has 0 saturated carbocycles. The van der Waals surface area contributed by atoms with Crippen LogP contribution in [-0.4, -0.2) is 44.3 Å². The molecule has 2 aromatic rings. The molecule has 0 aliphatic rings. The lowest BCUT2D eigenvalue weighted by molar-refractivity contribution is 0.0774. The summed E-state index contributed by atoms with van der Waals surface area (Å²) in [5.74, 6) is 0.659. The highest BCUT2D eigenvalue weighted by Crippen LogP contribution is 2.15. The summed E-state index contributed by atoms with van der Waals surface area (Å²) in [6.45, 7) is 0.886. The smallest absolute Gasteiger partial charge is 0.253 e. The summed E-state index contributed by atoms with van der Waals surface area (Å²) in [4.78, 5) is 18.6. The lowest BCUT2D eigenvalue weighted by Gasteiger charge is -2.17. The molecule has 0 bridgehead atoms. The van der Waals surface area contributed by atoms with E-state index in [-0.39, 0.29) is 5.91 Å². The summed E-state index contributed by atoms with van der Waals surface area (Å²) in [5.41, 5.74) is 1.47. The van der Waals surface area contributed by atoms with E-state index in [2.05, 4.69) is 9.99 Å². The first-order chi connectivity index (χ1) is 11.6. The van der Waals surface area contributed by atoms with Crippen molar-refractivity contribution in [2.75, 3.05) is 27.3 Å². The van der Waals surface area contributed by atoms with Gasteiger partial charge in [-0.2, -0.15) is 0 Å². The van der Waals surface area contributed by atoms with Crippen LogP contribution in [0.4, 0.5) is 0 Å². The van der Waals surface area contributed by atoms with E-state index in [4.69, 9.17) is 16.3 Å². The number of hydrogen-bond donors (Lipinski definition) is 0. The number of rotatable bonds is 7. The zero-order chi connectivity index (χ0) is 17.4. The molecule has 0 aliphatic carbocycles. The van der Waals surface area contributed by atoms with E-state index in [9.17, 15) is 4.79 Å². The van der Waals surface area contributed by atoms with Gasteiger partial charge < -0.3 is 14.5 Å². The maximum absolute atomic E-state index is 12.4. The molecule has 0 fully saturated rings. The van der Waals surface area contributed by atoms with Gasteiger partial charge in [-0.1, -0.05) is 28.9 Å². The summed E-state index contributed by atoms with van der Waals surface area (Å²) >= 11 is 5.82. The van der Waals surface area contributed by atoms with Crippen LogP contribution < -0.4 is 4.74 Å². The molecule has 0 N–H and O–H groups in total. The Morgan fingerprint density at radius 3 is 2.46 bits per heavy atom. The first kappa shape index (κ1) is 17.8. The van der Waals surface area contributed by atoms with Crippen LogP contribution in [0.5, 0.6) is 5.75 Å². The topological polar surface area (TPSA) is 51.1 Å². The van der Waals surface area contributed by atoms with E-state index >= 15 is 0 Å². The number of halogens is 1. The number of likely N-dealkylation sites (N-methyl/N-ethyl adjacent to an activating group) is 1. The zero-order valence-electron chi connectivity index (χ0n) is 13.6. The van der Waals surface area contributed by atoms with Gasteiger partial charge in [0.2, 0.25) is 0 Å². The maximum atomic E-state index is 12.4. The van der Waals surface area contributed by atoms with Crippen molar-refractivity contribution in [1.82, 2.24) is 4.90 Å². The van der Waals surface area contributed by atoms with Gasteiger partial charge in [0.15, 0.2) is 0 Å². The summed E-state index contributed by atoms with van der Waals surface area (Å²) in [6.07, 6.45) is 1.58. The lowest BCUT2D eigenvalue weighted by Crippen LogP contribution is -2.30. The number of nitrogens with zero attached hydrogens (tertiary/aromatic N) is 2. The molecule has 0 radical (unpaired) electrons. The van der Waals surface area contributed by atoms with Crippen molar-refractivity contribution in [3.05, 3.63) is 64.7 Å². The molecule has 0 aromatic heterocycles. The predicted molar refractivity (Wildman–Crippen MR) is 95.0 cm³/mol. The Balaban J connectivity index is 1.85. The first-order valence-electron chi connectivity index (χ1n) is 7.40. The molecule has 5 nitrogen and oxygen atoms in total. The van der Waals surface area contributed by atoms with Gasteiger partial charge >= 0.3 is 0 Å². The molecule has 0 spiro atoms. The van der Waals surface area contributed by atoms with Crippen molar-refractivity contribution in [1.29, 1.82) is 0 Å².